The van der Waals surface area contributed by atoms with Gasteiger partial charge in [0.15, 0.2) is 6.61 Å². The number of carbonyl (C=O) groups is 3. The molecule has 0 fully saturated rings. The Kier molecular flexibility index (Phi) is 6.49. The van der Waals surface area contributed by atoms with E-state index < -0.39 is 18.6 Å². The van der Waals surface area contributed by atoms with Gasteiger partial charge in [0.2, 0.25) is 0 Å². The minimum absolute atomic E-state index is 0.359. The molecule has 1 N–H and O–H groups in total. The molecule has 2 aromatic carbocycles. The maximum Gasteiger partial charge on any atom is 0.328 e. The lowest BCUT2D eigenvalue weighted by molar-refractivity contribution is -0.149. The number of nitrogens with zero attached hydrogens (tertiary/aromatic N) is 1. The largest absolute Gasteiger partial charge is 0.454 e. The second-order valence-corrected chi connectivity index (χ2v) is 5.96. The van der Waals surface area contributed by atoms with E-state index in [0.717, 1.165) is 5.56 Å². The van der Waals surface area contributed by atoms with Crippen LogP contribution in [0.2, 0.25) is 0 Å². The SMILES string of the molecule is Cc1cccc(C(=O)N[C@@H](C)C(=O)OCC(=O)N(C)c2ccccc2)c1. The average molecular weight is 354 g/mol. The van der Waals surface area contributed by atoms with Crippen LogP contribution in [0.4, 0.5) is 5.69 Å². The number of likely N-dealkylation sites (N-methyl/N-ethyl adjacent to an activating group) is 1. The van der Waals surface area contributed by atoms with E-state index in [9.17, 15) is 14.4 Å². The fourth-order valence-electron chi connectivity index (χ4n) is 2.28. The number of aryl methyl sites for hydroxylation is 1. The Hall–Kier alpha value is -3.15. The van der Waals surface area contributed by atoms with E-state index >= 15 is 0 Å². The highest BCUT2D eigenvalue weighted by atomic mass is 16.5. The first-order chi connectivity index (χ1) is 12.4. The molecule has 1 atom stereocenters. The van der Waals surface area contributed by atoms with Crippen LogP contribution in [-0.4, -0.2) is 37.5 Å². The van der Waals surface area contributed by atoms with Gasteiger partial charge >= 0.3 is 5.97 Å². The van der Waals surface area contributed by atoms with Gasteiger partial charge in [0, 0.05) is 18.3 Å². The Morgan fingerprint density at radius 2 is 1.77 bits per heavy atom. The number of benzene rings is 2. The van der Waals surface area contributed by atoms with E-state index in [0.29, 0.717) is 11.3 Å². The number of hydrogen-bond donors (Lipinski definition) is 1. The molecule has 136 valence electrons. The van der Waals surface area contributed by atoms with Crippen LogP contribution in [0.1, 0.15) is 22.8 Å². The molecule has 0 saturated heterocycles. The average Bonchev–Trinajstić information content (AvgIpc) is 2.65. The number of hydrogen-bond acceptors (Lipinski definition) is 4. The van der Waals surface area contributed by atoms with Crippen LogP contribution in [0.15, 0.2) is 54.6 Å². The Bertz CT molecular complexity index is 789. The second kappa shape index (κ2) is 8.80. The number of ether oxygens (including phenoxy) is 1. The zero-order valence-electron chi connectivity index (χ0n) is 15.1. The fourth-order valence-corrected chi connectivity index (χ4v) is 2.28. The highest BCUT2D eigenvalue weighted by Gasteiger charge is 2.20. The Morgan fingerprint density at radius 1 is 1.08 bits per heavy atom. The summed E-state index contributed by atoms with van der Waals surface area (Å²) in [6.45, 7) is 3.00. The first kappa shape index (κ1) is 19.2. The third-order valence-electron chi connectivity index (χ3n) is 3.84. The number of carbonyl (C=O) groups excluding carboxylic acids is 3. The number of para-hydroxylation sites is 1. The molecule has 0 radical (unpaired) electrons. The molecule has 6 heteroatoms. The Morgan fingerprint density at radius 3 is 2.42 bits per heavy atom. The quantitative estimate of drug-likeness (QED) is 0.808. The lowest BCUT2D eigenvalue weighted by Gasteiger charge is -2.18. The van der Waals surface area contributed by atoms with Gasteiger partial charge in [-0.3, -0.25) is 9.59 Å². The van der Waals surface area contributed by atoms with Gasteiger partial charge in [0.1, 0.15) is 6.04 Å². The molecular formula is C20H22N2O4. The molecule has 0 aliphatic heterocycles. The van der Waals surface area contributed by atoms with E-state index in [1.807, 2.05) is 31.2 Å². The van der Waals surface area contributed by atoms with Gasteiger partial charge in [0.05, 0.1) is 0 Å². The number of anilines is 1. The molecule has 0 unspecified atom stereocenters. The molecule has 6 nitrogen and oxygen atoms in total. The van der Waals surface area contributed by atoms with E-state index in [1.165, 1.54) is 11.8 Å². The molecular weight excluding hydrogens is 332 g/mol. The van der Waals surface area contributed by atoms with Gasteiger partial charge in [-0.2, -0.15) is 0 Å². The molecule has 0 aliphatic carbocycles. The van der Waals surface area contributed by atoms with Crippen LogP contribution in [0, 0.1) is 6.92 Å². The molecule has 0 spiro atoms. The van der Waals surface area contributed by atoms with Crippen LogP contribution in [0.25, 0.3) is 0 Å². The van der Waals surface area contributed by atoms with Crippen molar-refractivity contribution in [2.45, 2.75) is 19.9 Å². The highest BCUT2D eigenvalue weighted by molar-refractivity contribution is 5.98. The van der Waals surface area contributed by atoms with Crippen molar-refractivity contribution >= 4 is 23.5 Å². The first-order valence-corrected chi connectivity index (χ1v) is 8.24. The minimum Gasteiger partial charge on any atom is -0.454 e. The van der Waals surface area contributed by atoms with Gasteiger partial charge < -0.3 is 15.0 Å². The molecule has 0 bridgehead atoms. The van der Waals surface area contributed by atoms with Crippen LogP contribution < -0.4 is 10.2 Å². The molecule has 26 heavy (non-hydrogen) atoms. The monoisotopic (exact) mass is 354 g/mol. The predicted molar refractivity (Wildman–Crippen MR) is 98.9 cm³/mol. The van der Waals surface area contributed by atoms with Crippen molar-refractivity contribution in [3.63, 3.8) is 0 Å². The van der Waals surface area contributed by atoms with E-state index in [2.05, 4.69) is 5.32 Å². The van der Waals surface area contributed by atoms with E-state index in [1.54, 1.807) is 37.4 Å². The lowest BCUT2D eigenvalue weighted by atomic mass is 10.1. The molecule has 0 saturated carbocycles. The van der Waals surface area contributed by atoms with Gasteiger partial charge in [-0.05, 0) is 38.1 Å². The van der Waals surface area contributed by atoms with Crippen LogP contribution in [0.3, 0.4) is 0 Å². The molecule has 2 amide bonds. The van der Waals surface area contributed by atoms with Crippen molar-refractivity contribution in [1.82, 2.24) is 5.32 Å². The summed E-state index contributed by atoms with van der Waals surface area (Å²) in [5.41, 5.74) is 2.11. The van der Waals surface area contributed by atoms with Crippen molar-refractivity contribution in [1.29, 1.82) is 0 Å². The molecule has 2 rings (SSSR count). The summed E-state index contributed by atoms with van der Waals surface area (Å²) in [7, 11) is 1.61. The molecule has 0 heterocycles. The maximum atomic E-state index is 12.1. The Balaban J connectivity index is 1.85. The third kappa shape index (κ3) is 5.17. The van der Waals surface area contributed by atoms with E-state index in [4.69, 9.17) is 4.74 Å². The van der Waals surface area contributed by atoms with Crippen LogP contribution in [-0.2, 0) is 14.3 Å². The third-order valence-corrected chi connectivity index (χ3v) is 3.84. The van der Waals surface area contributed by atoms with Crippen molar-refractivity contribution < 1.29 is 19.1 Å². The fraction of sp³-hybridized carbons (Fsp3) is 0.250. The zero-order chi connectivity index (χ0) is 19.1. The van der Waals surface area contributed by atoms with Gasteiger partial charge in [-0.15, -0.1) is 0 Å². The second-order valence-electron chi connectivity index (χ2n) is 5.96. The number of esters is 1. The lowest BCUT2D eigenvalue weighted by Crippen LogP contribution is -2.41. The summed E-state index contributed by atoms with van der Waals surface area (Å²) < 4.78 is 5.02. The minimum atomic E-state index is -0.863. The summed E-state index contributed by atoms with van der Waals surface area (Å²) in [4.78, 5) is 37.7. The Labute approximate surface area is 152 Å². The van der Waals surface area contributed by atoms with Crippen molar-refractivity contribution in [3.8, 4) is 0 Å². The predicted octanol–water partition coefficient (Wildman–Crippen LogP) is 2.32. The van der Waals surface area contributed by atoms with Gasteiger partial charge in [-0.25, -0.2) is 4.79 Å². The van der Waals surface area contributed by atoms with Crippen LogP contribution >= 0.6 is 0 Å². The van der Waals surface area contributed by atoms with Gasteiger partial charge in [-0.1, -0.05) is 35.9 Å². The summed E-state index contributed by atoms with van der Waals surface area (Å²) >= 11 is 0. The number of nitrogens with one attached hydrogen (secondary N) is 1. The summed E-state index contributed by atoms with van der Waals surface area (Å²) in [5, 5.41) is 2.57. The molecule has 0 aliphatic rings. The molecule has 0 aromatic heterocycles. The van der Waals surface area contributed by atoms with Crippen molar-refractivity contribution in [3.05, 3.63) is 65.7 Å². The summed E-state index contributed by atoms with van der Waals surface area (Å²) in [6.07, 6.45) is 0. The summed E-state index contributed by atoms with van der Waals surface area (Å²) in [5.74, 6) is -1.39. The normalized spacial score (nSPS) is 11.3. The van der Waals surface area contributed by atoms with Crippen molar-refractivity contribution in [2.75, 3.05) is 18.6 Å². The highest BCUT2D eigenvalue weighted by Crippen LogP contribution is 2.11. The zero-order valence-corrected chi connectivity index (χ0v) is 15.1. The summed E-state index contributed by atoms with van der Waals surface area (Å²) in [6, 6.07) is 15.2. The smallest absolute Gasteiger partial charge is 0.328 e. The maximum absolute atomic E-state index is 12.1. The first-order valence-electron chi connectivity index (χ1n) is 8.24. The topological polar surface area (TPSA) is 75.7 Å². The van der Waals surface area contributed by atoms with Crippen LogP contribution in [0.5, 0.6) is 0 Å². The van der Waals surface area contributed by atoms with Gasteiger partial charge in [0.25, 0.3) is 11.8 Å². The number of amides is 2. The van der Waals surface area contributed by atoms with Crippen molar-refractivity contribution in [2.24, 2.45) is 0 Å². The molecule has 2 aromatic rings. The van der Waals surface area contributed by atoms with E-state index in [-0.39, 0.29) is 11.8 Å². The standard InChI is InChI=1S/C20H22N2O4/c1-14-8-7-9-16(12-14)19(24)21-15(2)20(25)26-13-18(23)22(3)17-10-5-4-6-11-17/h4-12,15H,13H2,1-3H3,(H,21,24)/t15-/m0/s1. The number of rotatable bonds is 6.